The summed E-state index contributed by atoms with van der Waals surface area (Å²) in [5.41, 5.74) is 1.09. The number of carbonyl (C=O) groups excluding carboxylic acids is 1. The van der Waals surface area contributed by atoms with Gasteiger partial charge in [0.2, 0.25) is 16.9 Å². The molecule has 0 radical (unpaired) electrons. The minimum Gasteiger partial charge on any atom is -0.325 e. The number of non-ortho nitro benzene ring substituents is 1. The van der Waals surface area contributed by atoms with Crippen LogP contribution in [-0.4, -0.2) is 41.1 Å². The standard InChI is InChI=1S/C19H15N7O3S/c27-17(21-14-6-8-15(9-7-14)26(28)29)13-30-19-23-22-18(16-5-1-2-10-20-16)25(19)24-11-3-4-12-24/h1-12H,13H2,(H,21,27). The maximum atomic E-state index is 12.3. The summed E-state index contributed by atoms with van der Waals surface area (Å²) in [7, 11) is 0. The van der Waals surface area contributed by atoms with Crippen LogP contribution in [0.2, 0.25) is 0 Å². The number of hydrogen-bond acceptors (Lipinski definition) is 7. The maximum absolute atomic E-state index is 12.3. The number of anilines is 1. The molecule has 0 unspecified atom stereocenters. The molecule has 3 aromatic heterocycles. The molecular formula is C19H15N7O3S. The summed E-state index contributed by atoms with van der Waals surface area (Å²) in [5, 5.41) is 22.4. The van der Waals surface area contributed by atoms with E-state index in [1.54, 1.807) is 15.5 Å². The van der Waals surface area contributed by atoms with Gasteiger partial charge in [0.15, 0.2) is 0 Å². The SMILES string of the molecule is O=C(CSc1nnc(-c2ccccn2)n1-n1cccc1)Nc1ccc([N+](=O)[O-])cc1. The highest BCUT2D eigenvalue weighted by molar-refractivity contribution is 7.99. The second-order valence-corrected chi connectivity index (χ2v) is 6.98. The number of thioether (sulfide) groups is 1. The Bertz CT molecular complexity index is 1160. The summed E-state index contributed by atoms with van der Waals surface area (Å²) in [6.45, 7) is 0. The third-order valence-corrected chi connectivity index (χ3v) is 4.94. The van der Waals surface area contributed by atoms with E-state index in [2.05, 4.69) is 20.5 Å². The molecule has 10 nitrogen and oxygen atoms in total. The van der Waals surface area contributed by atoms with Crippen LogP contribution >= 0.6 is 11.8 Å². The van der Waals surface area contributed by atoms with Crippen LogP contribution in [0.5, 0.6) is 0 Å². The van der Waals surface area contributed by atoms with Crippen LogP contribution in [0.25, 0.3) is 11.5 Å². The molecule has 0 aliphatic rings. The van der Waals surface area contributed by atoms with Gasteiger partial charge in [-0.25, -0.2) is 4.68 Å². The minimum atomic E-state index is -0.491. The van der Waals surface area contributed by atoms with E-state index < -0.39 is 4.92 Å². The van der Waals surface area contributed by atoms with Gasteiger partial charge in [0.1, 0.15) is 5.69 Å². The highest BCUT2D eigenvalue weighted by Crippen LogP contribution is 2.23. The van der Waals surface area contributed by atoms with Gasteiger partial charge in [0, 0.05) is 36.4 Å². The lowest BCUT2D eigenvalue weighted by Crippen LogP contribution is -2.16. The van der Waals surface area contributed by atoms with Gasteiger partial charge in [-0.3, -0.25) is 24.6 Å². The van der Waals surface area contributed by atoms with E-state index in [0.29, 0.717) is 22.4 Å². The Kier molecular flexibility index (Phi) is 5.52. The van der Waals surface area contributed by atoms with Crippen molar-refractivity contribution in [2.45, 2.75) is 5.16 Å². The zero-order valence-corrected chi connectivity index (χ0v) is 16.3. The van der Waals surface area contributed by atoms with Crippen molar-refractivity contribution in [2.24, 2.45) is 0 Å². The Hall–Kier alpha value is -3.99. The molecule has 0 aliphatic heterocycles. The molecule has 0 saturated heterocycles. The van der Waals surface area contributed by atoms with Gasteiger partial charge >= 0.3 is 0 Å². The molecular weight excluding hydrogens is 406 g/mol. The molecule has 0 bridgehead atoms. The lowest BCUT2D eigenvalue weighted by Gasteiger charge is -2.11. The van der Waals surface area contributed by atoms with Crippen LogP contribution in [0.1, 0.15) is 0 Å². The van der Waals surface area contributed by atoms with Crippen LogP contribution < -0.4 is 5.32 Å². The number of nitrogens with one attached hydrogen (secondary N) is 1. The first-order valence-corrected chi connectivity index (χ1v) is 9.78. The van der Waals surface area contributed by atoms with Gasteiger partial charge < -0.3 is 5.32 Å². The fourth-order valence-corrected chi connectivity index (χ4v) is 3.40. The van der Waals surface area contributed by atoms with Gasteiger partial charge in [-0.1, -0.05) is 17.8 Å². The Morgan fingerprint density at radius 2 is 1.83 bits per heavy atom. The molecule has 4 aromatic rings. The molecule has 3 heterocycles. The van der Waals surface area contributed by atoms with E-state index in [4.69, 9.17) is 0 Å². The molecule has 1 amide bonds. The van der Waals surface area contributed by atoms with Gasteiger partial charge in [-0.15, -0.1) is 10.2 Å². The molecule has 150 valence electrons. The number of rotatable bonds is 7. The van der Waals surface area contributed by atoms with Gasteiger partial charge in [-0.05, 0) is 36.4 Å². The summed E-state index contributed by atoms with van der Waals surface area (Å²) in [6.07, 6.45) is 5.36. The monoisotopic (exact) mass is 421 g/mol. The van der Waals surface area contributed by atoms with E-state index in [1.807, 2.05) is 42.7 Å². The van der Waals surface area contributed by atoms with E-state index >= 15 is 0 Å². The lowest BCUT2D eigenvalue weighted by atomic mass is 10.3. The lowest BCUT2D eigenvalue weighted by molar-refractivity contribution is -0.384. The van der Waals surface area contributed by atoms with Crippen molar-refractivity contribution in [1.29, 1.82) is 0 Å². The van der Waals surface area contributed by atoms with Gasteiger partial charge in [0.25, 0.3) is 5.69 Å². The molecule has 0 saturated carbocycles. The fraction of sp³-hybridized carbons (Fsp3) is 0.0526. The number of nitro groups is 1. The average Bonchev–Trinajstić information content (AvgIpc) is 3.43. The number of nitrogens with zero attached hydrogens (tertiary/aromatic N) is 6. The summed E-state index contributed by atoms with van der Waals surface area (Å²) < 4.78 is 3.58. The zero-order valence-electron chi connectivity index (χ0n) is 15.5. The average molecular weight is 421 g/mol. The van der Waals surface area contributed by atoms with Crippen molar-refractivity contribution in [1.82, 2.24) is 24.5 Å². The van der Waals surface area contributed by atoms with E-state index in [0.717, 1.165) is 0 Å². The van der Waals surface area contributed by atoms with E-state index in [1.165, 1.54) is 36.0 Å². The third-order valence-electron chi connectivity index (χ3n) is 4.02. The minimum absolute atomic E-state index is 0.0377. The number of aromatic nitrogens is 5. The Morgan fingerprint density at radius 3 is 2.50 bits per heavy atom. The van der Waals surface area contributed by atoms with Gasteiger partial charge in [-0.2, -0.15) is 0 Å². The van der Waals surface area contributed by atoms with Crippen LogP contribution in [0.4, 0.5) is 11.4 Å². The van der Waals surface area contributed by atoms with Crippen molar-refractivity contribution in [3.63, 3.8) is 0 Å². The summed E-state index contributed by atoms with van der Waals surface area (Å²) in [5.74, 6) is 0.360. The second kappa shape index (κ2) is 8.57. The summed E-state index contributed by atoms with van der Waals surface area (Å²) >= 11 is 1.22. The smallest absolute Gasteiger partial charge is 0.269 e. The van der Waals surface area contributed by atoms with Crippen LogP contribution in [0, 0.1) is 10.1 Å². The molecule has 30 heavy (non-hydrogen) atoms. The Labute approximate surface area is 174 Å². The van der Waals surface area contributed by atoms with Crippen molar-refractivity contribution in [2.75, 3.05) is 11.1 Å². The number of hydrogen-bond donors (Lipinski definition) is 1. The number of nitro benzene ring substituents is 1. The molecule has 1 aromatic carbocycles. The van der Waals surface area contributed by atoms with Crippen molar-refractivity contribution in [3.05, 3.63) is 83.3 Å². The van der Waals surface area contributed by atoms with E-state index in [-0.39, 0.29) is 17.3 Å². The van der Waals surface area contributed by atoms with Crippen LogP contribution in [0.3, 0.4) is 0 Å². The van der Waals surface area contributed by atoms with E-state index in [9.17, 15) is 14.9 Å². The van der Waals surface area contributed by atoms with Crippen molar-refractivity contribution >= 4 is 29.0 Å². The Morgan fingerprint density at radius 1 is 1.07 bits per heavy atom. The zero-order chi connectivity index (χ0) is 20.9. The highest BCUT2D eigenvalue weighted by atomic mass is 32.2. The number of amides is 1. The largest absolute Gasteiger partial charge is 0.325 e. The number of carbonyl (C=O) groups is 1. The molecule has 0 aliphatic carbocycles. The molecule has 0 atom stereocenters. The Balaban J connectivity index is 1.50. The number of pyridine rings is 1. The normalized spacial score (nSPS) is 10.7. The predicted molar refractivity (Wildman–Crippen MR) is 111 cm³/mol. The van der Waals surface area contributed by atoms with Crippen LogP contribution in [0.15, 0.2) is 78.3 Å². The summed E-state index contributed by atoms with van der Waals surface area (Å²) in [6, 6.07) is 14.9. The maximum Gasteiger partial charge on any atom is 0.269 e. The topological polar surface area (TPSA) is 121 Å². The predicted octanol–water partition coefficient (Wildman–Crippen LogP) is 3.09. The quantitative estimate of drug-likeness (QED) is 0.276. The fourth-order valence-electron chi connectivity index (χ4n) is 2.67. The summed E-state index contributed by atoms with van der Waals surface area (Å²) in [4.78, 5) is 26.9. The third kappa shape index (κ3) is 4.20. The first-order valence-electron chi connectivity index (χ1n) is 8.79. The van der Waals surface area contributed by atoms with Crippen molar-refractivity contribution < 1.29 is 9.72 Å². The van der Waals surface area contributed by atoms with Crippen LogP contribution in [-0.2, 0) is 4.79 Å². The molecule has 1 N–H and O–H groups in total. The van der Waals surface area contributed by atoms with Crippen molar-refractivity contribution in [3.8, 4) is 11.5 Å². The van der Waals surface area contributed by atoms with Gasteiger partial charge in [0.05, 0.1) is 10.7 Å². The molecule has 4 rings (SSSR count). The first-order chi connectivity index (χ1) is 14.6. The molecule has 11 heteroatoms. The second-order valence-electron chi connectivity index (χ2n) is 6.04. The molecule has 0 spiro atoms. The number of benzene rings is 1. The molecule has 0 fully saturated rings. The highest BCUT2D eigenvalue weighted by Gasteiger charge is 2.18. The first kappa shape index (κ1) is 19.3.